The summed E-state index contributed by atoms with van der Waals surface area (Å²) in [6, 6.07) is 1.90. The van der Waals surface area contributed by atoms with E-state index in [1.54, 1.807) is 6.20 Å². The largest absolute Gasteiger partial charge is 0.355 e. The van der Waals surface area contributed by atoms with Gasteiger partial charge in [0.1, 0.15) is 5.82 Å². The zero-order valence-electron chi connectivity index (χ0n) is 10.1. The number of pyridine rings is 1. The molecule has 1 unspecified atom stereocenters. The van der Waals surface area contributed by atoms with Crippen molar-refractivity contribution < 1.29 is 0 Å². The third-order valence-corrected chi connectivity index (χ3v) is 4.04. The molecule has 0 radical (unpaired) electrons. The summed E-state index contributed by atoms with van der Waals surface area (Å²) in [5.41, 5.74) is 0.329. The van der Waals surface area contributed by atoms with Crippen molar-refractivity contribution in [3.8, 4) is 0 Å². The summed E-state index contributed by atoms with van der Waals surface area (Å²) in [5.74, 6) is 0.995. The molecule has 1 saturated heterocycles. The van der Waals surface area contributed by atoms with E-state index in [4.69, 9.17) is 11.6 Å². The average Bonchev–Trinajstić information content (AvgIpc) is 2.61. The lowest BCUT2D eigenvalue weighted by molar-refractivity contribution is 0.355. The number of aromatic nitrogens is 1. The highest BCUT2D eigenvalue weighted by Gasteiger charge is 2.34. The molecule has 2 heterocycles. The normalized spacial score (nSPS) is 24.4. The third kappa shape index (κ3) is 2.92. The first-order valence-electron chi connectivity index (χ1n) is 5.75. The Morgan fingerprint density at radius 3 is 3.06 bits per heavy atom. The van der Waals surface area contributed by atoms with Gasteiger partial charge in [0.2, 0.25) is 0 Å². The average molecular weight is 319 g/mol. The van der Waals surface area contributed by atoms with Gasteiger partial charge < -0.3 is 10.2 Å². The van der Waals surface area contributed by atoms with E-state index < -0.39 is 0 Å². The van der Waals surface area contributed by atoms with Crippen LogP contribution in [-0.2, 0) is 0 Å². The first kappa shape index (κ1) is 13.1. The Morgan fingerprint density at radius 2 is 2.41 bits per heavy atom. The van der Waals surface area contributed by atoms with E-state index in [9.17, 15) is 0 Å². The fourth-order valence-corrected chi connectivity index (χ4v) is 3.31. The quantitative estimate of drug-likeness (QED) is 0.929. The van der Waals surface area contributed by atoms with Crippen LogP contribution in [0.3, 0.4) is 0 Å². The van der Waals surface area contributed by atoms with E-state index in [1.165, 1.54) is 6.42 Å². The molecule has 94 valence electrons. The van der Waals surface area contributed by atoms with Gasteiger partial charge in [-0.2, -0.15) is 0 Å². The fourth-order valence-electron chi connectivity index (χ4n) is 2.42. The van der Waals surface area contributed by atoms with Crippen molar-refractivity contribution in [2.75, 3.05) is 31.6 Å². The number of hydrogen-bond acceptors (Lipinski definition) is 3. The van der Waals surface area contributed by atoms with Gasteiger partial charge in [0.05, 0.1) is 9.50 Å². The molecule has 1 aromatic rings. The second-order valence-electron chi connectivity index (χ2n) is 4.97. The predicted molar refractivity (Wildman–Crippen MR) is 75.8 cm³/mol. The van der Waals surface area contributed by atoms with Crippen LogP contribution in [0.2, 0.25) is 5.02 Å². The Kier molecular flexibility index (Phi) is 3.95. The van der Waals surface area contributed by atoms with E-state index in [2.05, 4.69) is 38.1 Å². The third-order valence-electron chi connectivity index (χ3n) is 3.25. The van der Waals surface area contributed by atoms with Crippen molar-refractivity contribution in [3.05, 3.63) is 21.8 Å². The zero-order valence-corrected chi connectivity index (χ0v) is 12.5. The minimum Gasteiger partial charge on any atom is -0.355 e. The van der Waals surface area contributed by atoms with Crippen molar-refractivity contribution in [1.29, 1.82) is 0 Å². The van der Waals surface area contributed by atoms with Crippen molar-refractivity contribution in [3.63, 3.8) is 0 Å². The summed E-state index contributed by atoms with van der Waals surface area (Å²) >= 11 is 9.44. The van der Waals surface area contributed by atoms with Crippen molar-refractivity contribution >= 4 is 33.3 Å². The Morgan fingerprint density at radius 1 is 1.65 bits per heavy atom. The molecular weight excluding hydrogens is 302 g/mol. The molecule has 5 heteroatoms. The maximum Gasteiger partial charge on any atom is 0.142 e. The van der Waals surface area contributed by atoms with E-state index >= 15 is 0 Å². The van der Waals surface area contributed by atoms with Crippen molar-refractivity contribution in [2.45, 2.75) is 13.3 Å². The number of anilines is 1. The Bertz CT molecular complexity index is 413. The zero-order chi connectivity index (χ0) is 12.5. The Labute approximate surface area is 116 Å². The first-order chi connectivity index (χ1) is 8.04. The number of hydrogen-bond donors (Lipinski definition) is 1. The SMILES string of the molecule is CNCC1(C)CCN(c2ncc(Cl)cc2Br)C1. The molecule has 1 fully saturated rings. The topological polar surface area (TPSA) is 28.2 Å². The van der Waals surface area contributed by atoms with Gasteiger partial charge in [-0.05, 0) is 40.9 Å². The number of halogens is 2. The van der Waals surface area contributed by atoms with Crippen LogP contribution in [-0.4, -0.2) is 31.7 Å². The lowest BCUT2D eigenvalue weighted by Gasteiger charge is -2.25. The first-order valence-corrected chi connectivity index (χ1v) is 6.92. The minimum absolute atomic E-state index is 0.329. The van der Waals surface area contributed by atoms with Crippen LogP contribution in [0.15, 0.2) is 16.7 Å². The minimum atomic E-state index is 0.329. The van der Waals surface area contributed by atoms with E-state index in [0.717, 1.165) is 29.9 Å². The molecule has 0 aliphatic carbocycles. The molecule has 0 amide bonds. The summed E-state index contributed by atoms with van der Waals surface area (Å²) in [5, 5.41) is 3.93. The van der Waals surface area contributed by atoms with Gasteiger partial charge in [-0.1, -0.05) is 18.5 Å². The van der Waals surface area contributed by atoms with Gasteiger partial charge >= 0.3 is 0 Å². The second-order valence-corrected chi connectivity index (χ2v) is 6.26. The lowest BCUT2D eigenvalue weighted by Crippen LogP contribution is -2.33. The van der Waals surface area contributed by atoms with Crippen LogP contribution >= 0.6 is 27.5 Å². The van der Waals surface area contributed by atoms with Gasteiger partial charge in [-0.3, -0.25) is 0 Å². The molecule has 3 nitrogen and oxygen atoms in total. The van der Waals surface area contributed by atoms with E-state index in [1.807, 2.05) is 13.1 Å². The Hall–Kier alpha value is -0.320. The van der Waals surface area contributed by atoms with Crippen LogP contribution in [0, 0.1) is 5.41 Å². The van der Waals surface area contributed by atoms with Crippen molar-refractivity contribution in [2.24, 2.45) is 5.41 Å². The monoisotopic (exact) mass is 317 g/mol. The molecule has 0 spiro atoms. The van der Waals surface area contributed by atoms with Gasteiger partial charge in [0.25, 0.3) is 0 Å². The van der Waals surface area contributed by atoms with Crippen LogP contribution in [0.4, 0.5) is 5.82 Å². The highest BCUT2D eigenvalue weighted by Crippen LogP contribution is 2.35. The van der Waals surface area contributed by atoms with Gasteiger partial charge in [0, 0.05) is 25.8 Å². The van der Waals surface area contributed by atoms with Crippen molar-refractivity contribution in [1.82, 2.24) is 10.3 Å². The molecular formula is C12H17BrClN3. The molecule has 1 atom stereocenters. The molecule has 0 saturated carbocycles. The van der Waals surface area contributed by atoms with Gasteiger partial charge in [-0.25, -0.2) is 4.98 Å². The second kappa shape index (κ2) is 5.12. The highest BCUT2D eigenvalue weighted by atomic mass is 79.9. The number of nitrogens with one attached hydrogen (secondary N) is 1. The fraction of sp³-hybridized carbons (Fsp3) is 0.583. The highest BCUT2D eigenvalue weighted by molar-refractivity contribution is 9.10. The summed E-state index contributed by atoms with van der Waals surface area (Å²) in [7, 11) is 2.00. The standard InChI is InChI=1S/C12H17BrClN3/c1-12(7-15-2)3-4-17(8-12)11-10(13)5-9(14)6-16-11/h5-6,15H,3-4,7-8H2,1-2H3. The molecule has 2 rings (SSSR count). The van der Waals surface area contributed by atoms with E-state index in [-0.39, 0.29) is 0 Å². The molecule has 1 aliphatic heterocycles. The summed E-state index contributed by atoms with van der Waals surface area (Å²) < 4.78 is 0.971. The summed E-state index contributed by atoms with van der Waals surface area (Å²) in [6.45, 7) is 5.43. The summed E-state index contributed by atoms with van der Waals surface area (Å²) in [6.07, 6.45) is 2.89. The molecule has 1 N–H and O–H groups in total. The Balaban J connectivity index is 2.15. The van der Waals surface area contributed by atoms with Gasteiger partial charge in [-0.15, -0.1) is 0 Å². The van der Waals surface area contributed by atoms with Gasteiger partial charge in [0.15, 0.2) is 0 Å². The molecule has 0 bridgehead atoms. The van der Waals surface area contributed by atoms with Crippen LogP contribution in [0.5, 0.6) is 0 Å². The molecule has 0 aromatic carbocycles. The molecule has 1 aliphatic rings. The molecule has 1 aromatic heterocycles. The number of rotatable bonds is 3. The lowest BCUT2D eigenvalue weighted by atomic mass is 9.90. The molecule has 17 heavy (non-hydrogen) atoms. The van der Waals surface area contributed by atoms with E-state index in [0.29, 0.717) is 10.4 Å². The maximum absolute atomic E-state index is 5.91. The smallest absolute Gasteiger partial charge is 0.142 e. The van der Waals surface area contributed by atoms with Crippen LogP contribution in [0.1, 0.15) is 13.3 Å². The predicted octanol–water partition coefficient (Wildman–Crippen LogP) is 2.93. The summed E-state index contributed by atoms with van der Waals surface area (Å²) in [4.78, 5) is 6.73. The maximum atomic E-state index is 5.91. The number of nitrogens with zero attached hydrogens (tertiary/aromatic N) is 2. The van der Waals surface area contributed by atoms with Crippen LogP contribution < -0.4 is 10.2 Å². The van der Waals surface area contributed by atoms with Crippen LogP contribution in [0.25, 0.3) is 0 Å².